The molecular formula is C16H30N2S2. The van der Waals surface area contributed by atoms with Gasteiger partial charge in [0.2, 0.25) is 0 Å². The summed E-state index contributed by atoms with van der Waals surface area (Å²) in [6, 6.07) is 0. The molecule has 0 amide bonds. The first-order chi connectivity index (χ1) is 9.56. The lowest BCUT2D eigenvalue weighted by Crippen LogP contribution is -2.14. The lowest BCUT2D eigenvalue weighted by atomic mass is 10.1. The zero-order valence-corrected chi connectivity index (χ0v) is 15.3. The van der Waals surface area contributed by atoms with Crippen LogP contribution in [0.25, 0.3) is 0 Å². The molecule has 2 nitrogen and oxygen atoms in total. The molecule has 0 aliphatic carbocycles. The molecule has 116 valence electrons. The maximum absolute atomic E-state index is 4.89. The van der Waals surface area contributed by atoms with Crippen LogP contribution in [0.3, 0.4) is 0 Å². The summed E-state index contributed by atoms with van der Waals surface area (Å²) in [6.45, 7) is 13.4. The van der Waals surface area contributed by atoms with Gasteiger partial charge in [0.05, 0.1) is 5.69 Å². The topological polar surface area (TPSA) is 24.9 Å². The number of thioether (sulfide) groups is 1. The highest BCUT2D eigenvalue weighted by molar-refractivity contribution is 7.99. The molecule has 0 aliphatic heterocycles. The Bertz CT molecular complexity index is 375. The Hall–Kier alpha value is -0.0600. The van der Waals surface area contributed by atoms with Gasteiger partial charge in [-0.1, -0.05) is 34.6 Å². The third-order valence-corrected chi connectivity index (χ3v) is 5.83. The smallest absolute Gasteiger partial charge is 0.103 e. The van der Waals surface area contributed by atoms with Crippen LogP contribution in [0, 0.1) is 5.92 Å². The molecule has 0 spiro atoms. The minimum atomic E-state index is 0.678. The molecule has 1 unspecified atom stereocenters. The molecule has 1 heterocycles. The fraction of sp³-hybridized carbons (Fsp3) is 0.812. The minimum Gasteiger partial charge on any atom is -0.312 e. The van der Waals surface area contributed by atoms with E-state index in [0.717, 1.165) is 30.5 Å². The average molecular weight is 315 g/mol. The lowest BCUT2D eigenvalue weighted by molar-refractivity contribution is 0.622. The molecule has 1 N–H and O–H groups in total. The van der Waals surface area contributed by atoms with E-state index in [0.29, 0.717) is 5.92 Å². The maximum Gasteiger partial charge on any atom is 0.103 e. The van der Waals surface area contributed by atoms with Gasteiger partial charge in [-0.15, -0.1) is 11.3 Å². The van der Waals surface area contributed by atoms with Crippen LogP contribution >= 0.6 is 23.1 Å². The maximum atomic E-state index is 4.89. The number of nitrogens with one attached hydrogen (secondary N) is 1. The molecule has 0 fully saturated rings. The summed E-state index contributed by atoms with van der Waals surface area (Å²) in [4.78, 5) is 6.34. The number of aromatic nitrogens is 1. The molecule has 1 aromatic heterocycles. The van der Waals surface area contributed by atoms with Gasteiger partial charge in [0, 0.05) is 22.4 Å². The summed E-state index contributed by atoms with van der Waals surface area (Å²) < 4.78 is 0. The summed E-state index contributed by atoms with van der Waals surface area (Å²) in [5.41, 5.74) is 1.33. The first-order valence-electron chi connectivity index (χ1n) is 7.86. The Morgan fingerprint density at radius 1 is 1.25 bits per heavy atom. The van der Waals surface area contributed by atoms with Crippen molar-refractivity contribution in [1.82, 2.24) is 10.3 Å². The summed E-state index contributed by atoms with van der Waals surface area (Å²) in [7, 11) is 0. The van der Waals surface area contributed by atoms with Crippen molar-refractivity contribution in [3.05, 3.63) is 15.6 Å². The van der Waals surface area contributed by atoms with Crippen LogP contribution in [0.4, 0.5) is 0 Å². The Balaban J connectivity index is 2.66. The molecule has 1 rings (SSSR count). The number of thiazole rings is 1. The monoisotopic (exact) mass is 314 g/mol. The molecule has 0 aromatic carbocycles. The highest BCUT2D eigenvalue weighted by Crippen LogP contribution is 2.27. The standard InChI is InChI=1S/C16H30N2S2/c1-6-8-17-10-15-14(9-12(3)4)18-16(20-15)11-19-13(5)7-2/h12-13,17H,6-11H2,1-5H3. The molecule has 4 heteroatoms. The Morgan fingerprint density at radius 3 is 2.60 bits per heavy atom. The van der Waals surface area contributed by atoms with E-state index >= 15 is 0 Å². The predicted molar refractivity (Wildman–Crippen MR) is 93.7 cm³/mol. The molecule has 0 saturated carbocycles. The van der Waals surface area contributed by atoms with Crippen molar-refractivity contribution in [2.75, 3.05) is 6.54 Å². The van der Waals surface area contributed by atoms with Gasteiger partial charge >= 0.3 is 0 Å². The summed E-state index contributed by atoms with van der Waals surface area (Å²) >= 11 is 3.94. The van der Waals surface area contributed by atoms with Gasteiger partial charge in [0.15, 0.2) is 0 Å². The quantitative estimate of drug-likeness (QED) is 0.623. The predicted octanol–water partition coefficient (Wildman–Crippen LogP) is 4.87. The van der Waals surface area contributed by atoms with Crippen LogP contribution < -0.4 is 5.32 Å². The van der Waals surface area contributed by atoms with E-state index in [-0.39, 0.29) is 0 Å². The zero-order chi connectivity index (χ0) is 15.0. The minimum absolute atomic E-state index is 0.678. The summed E-state index contributed by atoms with van der Waals surface area (Å²) in [6.07, 6.45) is 3.53. The van der Waals surface area contributed by atoms with Gasteiger partial charge in [0.25, 0.3) is 0 Å². The number of nitrogens with zero attached hydrogens (tertiary/aromatic N) is 1. The third-order valence-electron chi connectivity index (χ3n) is 3.20. The second-order valence-electron chi connectivity index (χ2n) is 5.78. The molecule has 1 atom stereocenters. The largest absolute Gasteiger partial charge is 0.312 e. The van der Waals surface area contributed by atoms with Gasteiger partial charge in [0.1, 0.15) is 5.01 Å². The van der Waals surface area contributed by atoms with Crippen LogP contribution in [0.1, 0.15) is 63.0 Å². The van der Waals surface area contributed by atoms with E-state index in [2.05, 4.69) is 39.9 Å². The fourth-order valence-electron chi connectivity index (χ4n) is 1.89. The van der Waals surface area contributed by atoms with Crippen LogP contribution in [0.5, 0.6) is 0 Å². The Kier molecular flexibility index (Phi) is 8.82. The Labute approximate surface area is 133 Å². The zero-order valence-electron chi connectivity index (χ0n) is 13.7. The van der Waals surface area contributed by atoms with E-state index in [1.54, 1.807) is 0 Å². The van der Waals surface area contributed by atoms with Crippen molar-refractivity contribution in [1.29, 1.82) is 0 Å². The van der Waals surface area contributed by atoms with Crippen LogP contribution in [0.15, 0.2) is 0 Å². The molecule has 0 saturated heterocycles. The van der Waals surface area contributed by atoms with E-state index in [1.165, 1.54) is 28.4 Å². The van der Waals surface area contributed by atoms with Crippen molar-refractivity contribution in [2.45, 2.75) is 71.4 Å². The van der Waals surface area contributed by atoms with Crippen molar-refractivity contribution in [3.63, 3.8) is 0 Å². The number of hydrogen-bond acceptors (Lipinski definition) is 4. The van der Waals surface area contributed by atoms with Crippen LogP contribution in [0.2, 0.25) is 0 Å². The first-order valence-corrected chi connectivity index (χ1v) is 9.73. The van der Waals surface area contributed by atoms with Gasteiger partial charge in [-0.3, -0.25) is 0 Å². The van der Waals surface area contributed by atoms with E-state index in [1.807, 2.05) is 23.1 Å². The Morgan fingerprint density at radius 2 is 2.00 bits per heavy atom. The second kappa shape index (κ2) is 9.80. The number of hydrogen-bond donors (Lipinski definition) is 1. The fourth-order valence-corrected chi connectivity index (χ4v) is 3.92. The van der Waals surface area contributed by atoms with Crippen molar-refractivity contribution < 1.29 is 0 Å². The van der Waals surface area contributed by atoms with E-state index < -0.39 is 0 Å². The molecule has 0 radical (unpaired) electrons. The number of rotatable bonds is 10. The second-order valence-corrected chi connectivity index (χ2v) is 8.38. The van der Waals surface area contributed by atoms with Gasteiger partial charge in [-0.25, -0.2) is 4.98 Å². The molecule has 20 heavy (non-hydrogen) atoms. The van der Waals surface area contributed by atoms with Gasteiger partial charge < -0.3 is 5.32 Å². The van der Waals surface area contributed by atoms with Crippen LogP contribution in [-0.4, -0.2) is 16.8 Å². The molecule has 0 aliphatic rings. The lowest BCUT2D eigenvalue weighted by Gasteiger charge is -2.05. The van der Waals surface area contributed by atoms with Gasteiger partial charge in [-0.05, 0) is 31.7 Å². The summed E-state index contributed by atoms with van der Waals surface area (Å²) in [5, 5.41) is 5.55. The highest BCUT2D eigenvalue weighted by atomic mass is 32.2. The van der Waals surface area contributed by atoms with Crippen molar-refractivity contribution >= 4 is 23.1 Å². The highest BCUT2D eigenvalue weighted by Gasteiger charge is 2.13. The first kappa shape index (κ1) is 18.0. The van der Waals surface area contributed by atoms with Gasteiger partial charge in [-0.2, -0.15) is 11.8 Å². The van der Waals surface area contributed by atoms with Crippen LogP contribution in [-0.2, 0) is 18.7 Å². The third kappa shape index (κ3) is 6.59. The SMILES string of the molecule is CCCNCc1sc(CSC(C)CC)nc1CC(C)C. The normalized spacial score (nSPS) is 13.1. The van der Waals surface area contributed by atoms with Crippen molar-refractivity contribution in [3.8, 4) is 0 Å². The molecular weight excluding hydrogens is 284 g/mol. The average Bonchev–Trinajstić information content (AvgIpc) is 2.78. The van der Waals surface area contributed by atoms with E-state index in [9.17, 15) is 0 Å². The van der Waals surface area contributed by atoms with Crippen molar-refractivity contribution in [2.24, 2.45) is 5.92 Å². The molecule has 1 aromatic rings. The van der Waals surface area contributed by atoms with E-state index in [4.69, 9.17) is 4.98 Å². The molecule has 0 bridgehead atoms. The summed E-state index contributed by atoms with van der Waals surface area (Å²) in [5.74, 6) is 1.75.